The number of amides is 1. The largest absolute Gasteiger partial charge is 0.389 e. The number of carbonyl (C=O) groups is 1. The SMILES string of the molecule is NC(=S)c1ccc(Br)cc1NC(=O)c1cc(Cl)sc1Cl. The number of nitrogens with two attached hydrogens (primary N) is 1. The maximum absolute atomic E-state index is 12.2. The lowest BCUT2D eigenvalue weighted by atomic mass is 10.1. The summed E-state index contributed by atoms with van der Waals surface area (Å²) in [6.07, 6.45) is 0. The predicted molar refractivity (Wildman–Crippen MR) is 92.3 cm³/mol. The smallest absolute Gasteiger partial charge is 0.258 e. The second-order valence-corrected chi connectivity index (χ2v) is 7.39. The van der Waals surface area contributed by atoms with E-state index in [2.05, 4.69) is 21.2 Å². The van der Waals surface area contributed by atoms with Crippen LogP contribution in [0.4, 0.5) is 5.69 Å². The Morgan fingerprint density at radius 3 is 2.55 bits per heavy atom. The molecule has 3 nitrogen and oxygen atoms in total. The molecule has 3 N–H and O–H groups in total. The number of nitrogens with one attached hydrogen (secondary N) is 1. The number of hydrogen-bond donors (Lipinski definition) is 2. The zero-order valence-electron chi connectivity index (χ0n) is 9.75. The molecule has 1 amide bonds. The molecule has 1 heterocycles. The number of benzene rings is 1. The van der Waals surface area contributed by atoms with E-state index in [1.165, 1.54) is 6.07 Å². The Morgan fingerprint density at radius 2 is 2.00 bits per heavy atom. The zero-order chi connectivity index (χ0) is 14.9. The van der Waals surface area contributed by atoms with Gasteiger partial charge in [-0.1, -0.05) is 51.3 Å². The summed E-state index contributed by atoms with van der Waals surface area (Å²) in [5.41, 5.74) is 7.04. The molecule has 0 saturated heterocycles. The van der Waals surface area contributed by atoms with Gasteiger partial charge >= 0.3 is 0 Å². The van der Waals surface area contributed by atoms with E-state index in [9.17, 15) is 4.79 Å². The van der Waals surface area contributed by atoms with E-state index in [4.69, 9.17) is 41.2 Å². The summed E-state index contributed by atoms with van der Waals surface area (Å²) >= 11 is 21.2. The van der Waals surface area contributed by atoms with Crippen LogP contribution < -0.4 is 11.1 Å². The highest BCUT2D eigenvalue weighted by atomic mass is 79.9. The van der Waals surface area contributed by atoms with E-state index in [1.807, 2.05) is 0 Å². The predicted octanol–water partition coefficient (Wildman–Crippen LogP) is 4.70. The first kappa shape index (κ1) is 15.7. The molecule has 0 aliphatic heterocycles. The first-order valence-electron chi connectivity index (χ1n) is 5.24. The van der Waals surface area contributed by atoms with Crippen LogP contribution in [0.25, 0.3) is 0 Å². The van der Waals surface area contributed by atoms with E-state index in [1.54, 1.807) is 18.2 Å². The fourth-order valence-electron chi connectivity index (χ4n) is 1.52. The molecule has 0 aliphatic carbocycles. The minimum atomic E-state index is -0.367. The van der Waals surface area contributed by atoms with Crippen LogP contribution in [0.15, 0.2) is 28.7 Å². The average molecular weight is 410 g/mol. The molecule has 0 radical (unpaired) electrons. The molecule has 2 aromatic rings. The average Bonchev–Trinajstić information content (AvgIpc) is 2.68. The van der Waals surface area contributed by atoms with Crippen LogP contribution in [-0.4, -0.2) is 10.9 Å². The first-order chi connectivity index (χ1) is 9.38. The number of carbonyl (C=O) groups excluding carboxylic acids is 1. The van der Waals surface area contributed by atoms with E-state index in [0.29, 0.717) is 25.5 Å². The summed E-state index contributed by atoms with van der Waals surface area (Å²) in [6.45, 7) is 0. The van der Waals surface area contributed by atoms with Crippen molar-refractivity contribution in [3.05, 3.63) is 48.5 Å². The molecule has 0 spiro atoms. The molecule has 1 aromatic carbocycles. The number of anilines is 1. The molecule has 0 aliphatic rings. The maximum atomic E-state index is 12.2. The van der Waals surface area contributed by atoms with Gasteiger partial charge in [-0.3, -0.25) is 4.79 Å². The third kappa shape index (κ3) is 3.51. The van der Waals surface area contributed by atoms with Gasteiger partial charge in [0.15, 0.2) is 0 Å². The Kier molecular flexibility index (Phi) is 5.04. The molecule has 0 fully saturated rings. The van der Waals surface area contributed by atoms with Crippen LogP contribution in [0, 0.1) is 0 Å². The van der Waals surface area contributed by atoms with Gasteiger partial charge in [0.25, 0.3) is 5.91 Å². The molecule has 2 rings (SSSR count). The summed E-state index contributed by atoms with van der Waals surface area (Å²) in [5.74, 6) is -0.367. The molecule has 0 atom stereocenters. The third-order valence-corrected chi connectivity index (χ3v) is 4.60. The molecule has 0 bridgehead atoms. The van der Waals surface area contributed by atoms with Gasteiger partial charge < -0.3 is 11.1 Å². The van der Waals surface area contributed by atoms with Crippen LogP contribution in [0.5, 0.6) is 0 Å². The van der Waals surface area contributed by atoms with Gasteiger partial charge in [-0.15, -0.1) is 11.3 Å². The van der Waals surface area contributed by atoms with Gasteiger partial charge in [0.1, 0.15) is 9.32 Å². The van der Waals surface area contributed by atoms with Crippen molar-refractivity contribution in [1.29, 1.82) is 0 Å². The lowest BCUT2D eigenvalue weighted by Crippen LogP contribution is -2.17. The van der Waals surface area contributed by atoms with Gasteiger partial charge in [0.05, 0.1) is 15.6 Å². The van der Waals surface area contributed by atoms with Crippen molar-refractivity contribution < 1.29 is 4.79 Å². The number of rotatable bonds is 3. The quantitative estimate of drug-likeness (QED) is 0.722. The van der Waals surface area contributed by atoms with Gasteiger partial charge in [0, 0.05) is 10.0 Å². The molecule has 104 valence electrons. The topological polar surface area (TPSA) is 55.1 Å². The third-order valence-electron chi connectivity index (χ3n) is 2.40. The van der Waals surface area contributed by atoms with Crippen molar-refractivity contribution in [2.75, 3.05) is 5.32 Å². The van der Waals surface area contributed by atoms with Crippen LogP contribution in [0.1, 0.15) is 15.9 Å². The van der Waals surface area contributed by atoms with Crippen LogP contribution >= 0.6 is 62.7 Å². The number of thiophene rings is 1. The highest BCUT2D eigenvalue weighted by Gasteiger charge is 2.16. The number of hydrogen-bond acceptors (Lipinski definition) is 3. The minimum absolute atomic E-state index is 0.197. The summed E-state index contributed by atoms with van der Waals surface area (Å²) in [4.78, 5) is 12.4. The van der Waals surface area contributed by atoms with E-state index in [-0.39, 0.29) is 10.9 Å². The van der Waals surface area contributed by atoms with Gasteiger partial charge in [-0.2, -0.15) is 0 Å². The fraction of sp³-hybridized carbons (Fsp3) is 0. The summed E-state index contributed by atoms with van der Waals surface area (Å²) in [6, 6.07) is 6.75. The Hall–Kier alpha value is -0.660. The van der Waals surface area contributed by atoms with E-state index in [0.717, 1.165) is 15.8 Å². The molecule has 1 aromatic heterocycles. The van der Waals surface area contributed by atoms with Crippen molar-refractivity contribution in [3.8, 4) is 0 Å². The lowest BCUT2D eigenvalue weighted by Gasteiger charge is -2.10. The van der Waals surface area contributed by atoms with E-state index >= 15 is 0 Å². The highest BCUT2D eigenvalue weighted by Crippen LogP contribution is 2.32. The monoisotopic (exact) mass is 408 g/mol. The Bertz CT molecular complexity index is 703. The second-order valence-electron chi connectivity index (χ2n) is 3.75. The second kappa shape index (κ2) is 6.41. The van der Waals surface area contributed by atoms with Crippen molar-refractivity contribution in [2.24, 2.45) is 5.73 Å². The van der Waals surface area contributed by atoms with Crippen molar-refractivity contribution >= 4 is 79.3 Å². The molecule has 0 unspecified atom stereocenters. The van der Waals surface area contributed by atoms with Gasteiger partial charge in [0.2, 0.25) is 0 Å². The molecular formula is C12H7BrCl2N2OS2. The number of thiocarbonyl (C=S) groups is 1. The lowest BCUT2D eigenvalue weighted by molar-refractivity contribution is 0.102. The van der Waals surface area contributed by atoms with Crippen LogP contribution in [0.3, 0.4) is 0 Å². The molecule has 8 heteroatoms. The van der Waals surface area contributed by atoms with Crippen LogP contribution in [0.2, 0.25) is 8.67 Å². The van der Waals surface area contributed by atoms with Gasteiger partial charge in [-0.25, -0.2) is 0 Å². The summed E-state index contributed by atoms with van der Waals surface area (Å²) < 4.78 is 1.57. The minimum Gasteiger partial charge on any atom is -0.389 e. The Balaban J connectivity index is 2.34. The Labute approximate surface area is 143 Å². The van der Waals surface area contributed by atoms with Crippen molar-refractivity contribution in [2.45, 2.75) is 0 Å². The van der Waals surface area contributed by atoms with Crippen LogP contribution in [-0.2, 0) is 0 Å². The Morgan fingerprint density at radius 1 is 1.30 bits per heavy atom. The van der Waals surface area contributed by atoms with Gasteiger partial charge in [-0.05, 0) is 24.3 Å². The standard InChI is InChI=1S/C12H7BrCl2N2OS2/c13-5-1-2-6(11(16)19)8(3-5)17-12(18)7-4-9(14)20-10(7)15/h1-4H,(H2,16,19)(H,17,18). The highest BCUT2D eigenvalue weighted by molar-refractivity contribution is 9.10. The van der Waals surface area contributed by atoms with Crippen molar-refractivity contribution in [3.63, 3.8) is 0 Å². The number of halogens is 3. The van der Waals surface area contributed by atoms with Crippen molar-refractivity contribution in [1.82, 2.24) is 0 Å². The fourth-order valence-corrected chi connectivity index (χ4v) is 3.52. The van der Waals surface area contributed by atoms with E-state index < -0.39 is 0 Å². The molecule has 0 saturated carbocycles. The first-order valence-corrected chi connectivity index (χ1v) is 8.01. The summed E-state index contributed by atoms with van der Waals surface area (Å²) in [5, 5.41) is 2.73. The summed E-state index contributed by atoms with van der Waals surface area (Å²) in [7, 11) is 0. The normalized spacial score (nSPS) is 10.3. The molecular weight excluding hydrogens is 403 g/mol. The molecule has 20 heavy (non-hydrogen) atoms. The zero-order valence-corrected chi connectivity index (χ0v) is 14.5. The maximum Gasteiger partial charge on any atom is 0.258 e.